The highest BCUT2D eigenvalue weighted by Crippen LogP contribution is 2.20. The minimum absolute atomic E-state index is 0.504. The quantitative estimate of drug-likeness (QED) is 0.734. The largest absolute Gasteiger partial charge is 0.489 e. The summed E-state index contributed by atoms with van der Waals surface area (Å²) in [5.41, 5.74) is 2.14. The van der Waals surface area contributed by atoms with Crippen molar-refractivity contribution in [3.05, 3.63) is 64.7 Å². The first-order chi connectivity index (χ1) is 8.77. The van der Waals surface area contributed by atoms with Gasteiger partial charge in [-0.1, -0.05) is 61.8 Å². The van der Waals surface area contributed by atoms with E-state index in [1.165, 1.54) is 0 Å². The van der Waals surface area contributed by atoms with Crippen LogP contribution in [0, 0.1) is 6.92 Å². The van der Waals surface area contributed by atoms with Crippen LogP contribution in [-0.4, -0.2) is 0 Å². The van der Waals surface area contributed by atoms with Gasteiger partial charge in [0.2, 0.25) is 0 Å². The highest BCUT2D eigenvalue weighted by atomic mass is 35.5. The summed E-state index contributed by atoms with van der Waals surface area (Å²) in [5.74, 6) is 0.905. The number of hydrogen-bond acceptors (Lipinski definition) is 1. The highest BCUT2D eigenvalue weighted by molar-refractivity contribution is 6.31. The first-order valence-corrected chi connectivity index (χ1v) is 6.57. The summed E-state index contributed by atoms with van der Waals surface area (Å²) >= 11 is 6.05. The zero-order valence-corrected chi connectivity index (χ0v) is 11.9. The molecule has 2 heteroatoms. The fraction of sp³-hybridized carbons (Fsp3) is 0.250. The highest BCUT2D eigenvalue weighted by Gasteiger charge is 2.01. The van der Waals surface area contributed by atoms with Crippen LogP contribution >= 0.6 is 11.6 Å². The molecule has 0 spiro atoms. The molecule has 0 N–H and O–H groups in total. The third kappa shape index (κ3) is 4.08. The first kappa shape index (κ1) is 14.6. The molecule has 0 unspecified atom stereocenters. The molecule has 2 aromatic carbocycles. The maximum absolute atomic E-state index is 6.05. The van der Waals surface area contributed by atoms with Gasteiger partial charge in [0.1, 0.15) is 12.4 Å². The fourth-order valence-corrected chi connectivity index (χ4v) is 1.68. The Kier molecular flexibility index (Phi) is 6.31. The van der Waals surface area contributed by atoms with E-state index in [9.17, 15) is 0 Å². The molecule has 0 atom stereocenters. The summed E-state index contributed by atoms with van der Waals surface area (Å²) in [6.07, 6.45) is 0. The van der Waals surface area contributed by atoms with Gasteiger partial charge >= 0.3 is 0 Å². The molecule has 0 aromatic heterocycles. The van der Waals surface area contributed by atoms with Gasteiger partial charge in [-0.25, -0.2) is 0 Å². The number of ether oxygens (including phenoxy) is 1. The zero-order valence-electron chi connectivity index (χ0n) is 11.1. The van der Waals surface area contributed by atoms with Gasteiger partial charge in [0.15, 0.2) is 0 Å². The lowest BCUT2D eigenvalue weighted by molar-refractivity contribution is 0.304. The zero-order chi connectivity index (χ0) is 13.4. The lowest BCUT2D eigenvalue weighted by Crippen LogP contribution is -1.97. The number of rotatable bonds is 3. The van der Waals surface area contributed by atoms with Gasteiger partial charge in [-0.3, -0.25) is 0 Å². The molecule has 0 aliphatic heterocycles. The van der Waals surface area contributed by atoms with E-state index < -0.39 is 0 Å². The Balaban J connectivity index is 0.000000771. The van der Waals surface area contributed by atoms with Gasteiger partial charge in [0, 0.05) is 10.6 Å². The Morgan fingerprint density at radius 3 is 2.22 bits per heavy atom. The maximum atomic E-state index is 6.05. The molecule has 18 heavy (non-hydrogen) atoms. The van der Waals surface area contributed by atoms with Crippen LogP contribution in [0.25, 0.3) is 0 Å². The predicted molar refractivity (Wildman–Crippen MR) is 78.3 cm³/mol. The molecule has 96 valence electrons. The standard InChI is InChI=1S/C14H13ClO.C2H6/c1-11-6-2-5-9-14(11)16-10-12-7-3-4-8-13(12)15;1-2/h2-9H,10H2,1H3;1-2H3. The van der Waals surface area contributed by atoms with Crippen LogP contribution in [0.5, 0.6) is 5.75 Å². The molecule has 1 nitrogen and oxygen atoms in total. The van der Waals surface area contributed by atoms with Crippen molar-refractivity contribution in [2.75, 3.05) is 0 Å². The molecule has 0 saturated carbocycles. The number of para-hydroxylation sites is 1. The second kappa shape index (κ2) is 7.78. The van der Waals surface area contributed by atoms with Crippen LogP contribution in [0.3, 0.4) is 0 Å². The lowest BCUT2D eigenvalue weighted by Gasteiger charge is -2.09. The molecule has 2 rings (SSSR count). The van der Waals surface area contributed by atoms with E-state index in [0.717, 1.165) is 21.9 Å². The molecule has 0 aliphatic carbocycles. The molecule has 0 aliphatic rings. The van der Waals surface area contributed by atoms with Crippen molar-refractivity contribution in [3.8, 4) is 5.75 Å². The van der Waals surface area contributed by atoms with E-state index in [1.54, 1.807) is 0 Å². The average molecular weight is 263 g/mol. The van der Waals surface area contributed by atoms with Crippen molar-refractivity contribution in [1.29, 1.82) is 0 Å². The van der Waals surface area contributed by atoms with Crippen LogP contribution in [0.1, 0.15) is 25.0 Å². The fourth-order valence-electron chi connectivity index (χ4n) is 1.49. The van der Waals surface area contributed by atoms with Crippen molar-refractivity contribution in [3.63, 3.8) is 0 Å². The van der Waals surface area contributed by atoms with E-state index in [0.29, 0.717) is 6.61 Å². The molecule has 0 fully saturated rings. The van der Waals surface area contributed by atoms with Gasteiger partial charge < -0.3 is 4.74 Å². The number of hydrogen-bond donors (Lipinski definition) is 0. The third-order valence-corrected chi connectivity index (χ3v) is 2.80. The summed E-state index contributed by atoms with van der Waals surface area (Å²) in [6.45, 7) is 6.53. The van der Waals surface area contributed by atoms with Crippen LogP contribution in [0.4, 0.5) is 0 Å². The molecule has 2 aromatic rings. The topological polar surface area (TPSA) is 9.23 Å². The van der Waals surface area contributed by atoms with Crippen LogP contribution < -0.4 is 4.74 Å². The Bertz CT molecular complexity index is 435. The number of aryl methyl sites for hydroxylation is 1. The molecule has 0 heterocycles. The van der Waals surface area contributed by atoms with Crippen molar-refractivity contribution in [2.24, 2.45) is 0 Å². The molecular weight excluding hydrogens is 244 g/mol. The average Bonchev–Trinajstić information content (AvgIpc) is 2.42. The Morgan fingerprint density at radius 2 is 1.56 bits per heavy atom. The van der Waals surface area contributed by atoms with Gasteiger partial charge in [0.05, 0.1) is 0 Å². The Labute approximate surface area is 114 Å². The van der Waals surface area contributed by atoms with Crippen molar-refractivity contribution < 1.29 is 4.74 Å². The molecular formula is C16H19ClO. The summed E-state index contributed by atoms with van der Waals surface area (Å²) in [6, 6.07) is 15.7. The molecule has 0 radical (unpaired) electrons. The van der Waals surface area contributed by atoms with E-state index in [4.69, 9.17) is 16.3 Å². The van der Waals surface area contributed by atoms with Gasteiger partial charge in [-0.15, -0.1) is 0 Å². The second-order valence-electron chi connectivity index (χ2n) is 3.65. The summed E-state index contributed by atoms with van der Waals surface area (Å²) in [4.78, 5) is 0. The third-order valence-electron chi connectivity index (χ3n) is 2.43. The predicted octanol–water partition coefficient (Wildman–Crippen LogP) is 5.25. The van der Waals surface area contributed by atoms with Crippen molar-refractivity contribution in [2.45, 2.75) is 27.4 Å². The summed E-state index contributed by atoms with van der Waals surface area (Å²) < 4.78 is 5.72. The van der Waals surface area contributed by atoms with Crippen molar-refractivity contribution in [1.82, 2.24) is 0 Å². The number of halogens is 1. The van der Waals surface area contributed by atoms with Gasteiger partial charge in [-0.2, -0.15) is 0 Å². The molecule has 0 amide bonds. The van der Waals surface area contributed by atoms with E-state index in [2.05, 4.69) is 0 Å². The normalized spacial score (nSPS) is 9.33. The second-order valence-corrected chi connectivity index (χ2v) is 4.05. The monoisotopic (exact) mass is 262 g/mol. The minimum Gasteiger partial charge on any atom is -0.489 e. The summed E-state index contributed by atoms with van der Waals surface area (Å²) in [5, 5.41) is 0.746. The Hall–Kier alpha value is -1.47. The van der Waals surface area contributed by atoms with Crippen LogP contribution in [0.15, 0.2) is 48.5 Å². The van der Waals surface area contributed by atoms with E-state index in [1.807, 2.05) is 69.3 Å². The first-order valence-electron chi connectivity index (χ1n) is 6.19. The Morgan fingerprint density at radius 1 is 0.944 bits per heavy atom. The van der Waals surface area contributed by atoms with E-state index in [-0.39, 0.29) is 0 Å². The maximum Gasteiger partial charge on any atom is 0.122 e. The molecule has 0 bridgehead atoms. The molecule has 0 saturated heterocycles. The van der Waals surface area contributed by atoms with Crippen LogP contribution in [0.2, 0.25) is 5.02 Å². The van der Waals surface area contributed by atoms with Crippen LogP contribution in [-0.2, 0) is 6.61 Å². The minimum atomic E-state index is 0.504. The van der Waals surface area contributed by atoms with Crippen molar-refractivity contribution >= 4 is 11.6 Å². The number of benzene rings is 2. The van der Waals surface area contributed by atoms with Gasteiger partial charge in [0.25, 0.3) is 0 Å². The summed E-state index contributed by atoms with van der Waals surface area (Å²) in [7, 11) is 0. The van der Waals surface area contributed by atoms with Gasteiger partial charge in [-0.05, 0) is 24.6 Å². The smallest absolute Gasteiger partial charge is 0.122 e. The lowest BCUT2D eigenvalue weighted by atomic mass is 10.2. The van der Waals surface area contributed by atoms with E-state index >= 15 is 0 Å². The SMILES string of the molecule is CC.Cc1ccccc1OCc1ccccc1Cl.